The number of hydrogen-bond acceptors (Lipinski definition) is 2. The summed E-state index contributed by atoms with van der Waals surface area (Å²) in [5.74, 6) is -0.0974. The van der Waals surface area contributed by atoms with Gasteiger partial charge in [0.15, 0.2) is 5.82 Å². The molecule has 0 radical (unpaired) electrons. The molecule has 1 N–H and O–H groups in total. The standard InChI is InChI=1S/C8H5F3N2O/c9-8(10,11)6-4-5-2-1-3-13(14)7(5)12-6/h1-4,14H. The van der Waals surface area contributed by atoms with Crippen molar-refractivity contribution in [3.05, 3.63) is 30.1 Å². The molecule has 0 bridgehead atoms. The summed E-state index contributed by atoms with van der Waals surface area (Å²) in [4.78, 5) is 3.27. The van der Waals surface area contributed by atoms with Crippen LogP contribution in [0.1, 0.15) is 5.69 Å². The van der Waals surface area contributed by atoms with Gasteiger partial charge in [-0.25, -0.2) is 4.98 Å². The first-order valence-electron chi connectivity index (χ1n) is 3.73. The van der Waals surface area contributed by atoms with Crippen molar-refractivity contribution < 1.29 is 18.4 Å². The fraction of sp³-hybridized carbons (Fsp3) is 0.125. The molecule has 0 atom stereocenters. The number of hydrogen-bond donors (Lipinski definition) is 1. The highest BCUT2D eigenvalue weighted by atomic mass is 19.4. The molecule has 0 aromatic carbocycles. The lowest BCUT2D eigenvalue weighted by molar-refractivity contribution is -0.140. The fourth-order valence-corrected chi connectivity index (χ4v) is 1.17. The highest BCUT2D eigenvalue weighted by Gasteiger charge is 2.35. The smallest absolute Gasteiger partial charge is 0.427 e. The van der Waals surface area contributed by atoms with E-state index in [1.165, 1.54) is 18.3 Å². The number of nitrogens with zero attached hydrogens (tertiary/aromatic N) is 2. The molecule has 3 nitrogen and oxygen atoms in total. The molecule has 0 saturated carbocycles. The molecule has 0 saturated heterocycles. The van der Waals surface area contributed by atoms with Crippen molar-refractivity contribution in [1.82, 2.24) is 9.71 Å². The van der Waals surface area contributed by atoms with E-state index >= 15 is 0 Å². The largest absolute Gasteiger partial charge is 0.433 e. The van der Waals surface area contributed by atoms with E-state index in [1.807, 2.05) is 0 Å². The van der Waals surface area contributed by atoms with Gasteiger partial charge in [-0.3, -0.25) is 0 Å². The van der Waals surface area contributed by atoms with Gasteiger partial charge >= 0.3 is 6.18 Å². The van der Waals surface area contributed by atoms with Crippen molar-refractivity contribution in [2.75, 3.05) is 0 Å². The average Bonchev–Trinajstić information content (AvgIpc) is 2.48. The van der Waals surface area contributed by atoms with E-state index in [-0.39, 0.29) is 11.4 Å². The maximum atomic E-state index is 12.2. The lowest BCUT2D eigenvalue weighted by Crippen LogP contribution is -2.05. The highest BCUT2D eigenvalue weighted by Crippen LogP contribution is 2.33. The normalized spacial score (nSPS) is 12.2. The first-order valence-corrected chi connectivity index (χ1v) is 3.73. The zero-order chi connectivity index (χ0) is 10.3. The zero-order valence-corrected chi connectivity index (χ0v) is 6.78. The van der Waals surface area contributed by atoms with Gasteiger partial charge in [-0.2, -0.15) is 17.9 Å². The van der Waals surface area contributed by atoms with Gasteiger partial charge in [-0.15, -0.1) is 0 Å². The van der Waals surface area contributed by atoms with Gasteiger partial charge in [-0.05, 0) is 18.2 Å². The Hall–Kier alpha value is -1.72. The minimum atomic E-state index is -4.48. The summed E-state index contributed by atoms with van der Waals surface area (Å²) >= 11 is 0. The van der Waals surface area contributed by atoms with E-state index in [2.05, 4.69) is 4.98 Å². The molecule has 0 spiro atoms. The Morgan fingerprint density at radius 2 is 2.07 bits per heavy atom. The Balaban J connectivity index is 2.63. The summed E-state index contributed by atoms with van der Waals surface area (Å²) in [6.07, 6.45) is -3.26. The molecule has 74 valence electrons. The van der Waals surface area contributed by atoms with Gasteiger partial charge in [0.1, 0.15) is 5.69 Å². The number of aromatic nitrogens is 2. The van der Waals surface area contributed by atoms with Crippen molar-refractivity contribution in [2.45, 2.75) is 6.18 Å². The number of rotatable bonds is 0. The third-order valence-corrected chi connectivity index (χ3v) is 1.79. The molecule has 0 amide bonds. The average molecular weight is 202 g/mol. The summed E-state index contributed by atoms with van der Waals surface area (Å²) in [6.45, 7) is 0. The monoisotopic (exact) mass is 202 g/mol. The van der Waals surface area contributed by atoms with Crippen LogP contribution in [0, 0.1) is 0 Å². The molecule has 2 aliphatic rings. The molecule has 0 aromatic heterocycles. The van der Waals surface area contributed by atoms with Crippen molar-refractivity contribution in [2.24, 2.45) is 0 Å². The van der Waals surface area contributed by atoms with Gasteiger partial charge in [0.2, 0.25) is 0 Å². The number of halogens is 3. The van der Waals surface area contributed by atoms with Crippen LogP contribution in [0.4, 0.5) is 13.2 Å². The van der Waals surface area contributed by atoms with Crippen LogP contribution in [-0.2, 0) is 6.18 Å². The first kappa shape index (κ1) is 8.86. The van der Waals surface area contributed by atoms with Crippen LogP contribution in [0.15, 0.2) is 24.4 Å². The van der Waals surface area contributed by atoms with Gasteiger partial charge in [0, 0.05) is 11.8 Å². The van der Waals surface area contributed by atoms with Crippen LogP contribution in [-0.4, -0.2) is 14.9 Å². The molecule has 6 heteroatoms. The van der Waals surface area contributed by atoms with E-state index < -0.39 is 11.9 Å². The molecule has 2 heterocycles. The lowest BCUT2D eigenvalue weighted by atomic mass is 10.2. The minimum Gasteiger partial charge on any atom is -0.427 e. The molecular formula is C8H5F3N2O. The van der Waals surface area contributed by atoms with Crippen molar-refractivity contribution in [3.8, 4) is 11.4 Å². The molecule has 0 fully saturated rings. The summed E-state index contributed by atoms with van der Waals surface area (Å²) in [5.41, 5.74) is -0.746. The minimum absolute atomic E-state index is 0.0974. The summed E-state index contributed by atoms with van der Waals surface area (Å²) < 4.78 is 37.2. The third kappa shape index (κ3) is 1.28. The van der Waals surface area contributed by atoms with Crippen LogP contribution in [0.25, 0.3) is 11.4 Å². The predicted octanol–water partition coefficient (Wildman–Crippen LogP) is 2.24. The number of alkyl halides is 3. The van der Waals surface area contributed by atoms with E-state index in [0.717, 1.165) is 6.07 Å². The van der Waals surface area contributed by atoms with Crippen LogP contribution in [0.2, 0.25) is 0 Å². The lowest BCUT2D eigenvalue weighted by Gasteiger charge is -2.01. The van der Waals surface area contributed by atoms with Crippen molar-refractivity contribution in [1.29, 1.82) is 0 Å². The molecule has 14 heavy (non-hydrogen) atoms. The zero-order valence-electron chi connectivity index (χ0n) is 6.78. The van der Waals surface area contributed by atoms with E-state index in [0.29, 0.717) is 4.73 Å². The Kier molecular flexibility index (Phi) is 1.67. The Bertz CT molecular complexity index is 435. The van der Waals surface area contributed by atoms with Gasteiger partial charge in [0.05, 0.1) is 0 Å². The maximum absolute atomic E-state index is 12.2. The maximum Gasteiger partial charge on any atom is 0.433 e. The second kappa shape index (κ2) is 2.63. The van der Waals surface area contributed by atoms with Crippen LogP contribution in [0.5, 0.6) is 0 Å². The Labute approximate surface area is 76.7 Å². The van der Waals surface area contributed by atoms with Crippen molar-refractivity contribution >= 4 is 0 Å². The summed E-state index contributed by atoms with van der Waals surface area (Å²) in [6, 6.07) is 3.77. The third-order valence-electron chi connectivity index (χ3n) is 1.79. The van der Waals surface area contributed by atoms with Crippen LogP contribution in [0.3, 0.4) is 0 Å². The molecule has 2 rings (SSSR count). The van der Waals surface area contributed by atoms with Crippen LogP contribution < -0.4 is 0 Å². The van der Waals surface area contributed by atoms with Gasteiger partial charge in [-0.1, -0.05) is 0 Å². The number of fused-ring (bicyclic) bond motifs is 1. The molecule has 2 aliphatic heterocycles. The summed E-state index contributed by atoms with van der Waals surface area (Å²) in [5, 5.41) is 9.14. The first-order chi connectivity index (χ1) is 6.48. The van der Waals surface area contributed by atoms with Crippen molar-refractivity contribution in [3.63, 3.8) is 0 Å². The topological polar surface area (TPSA) is 38.0 Å². The molecule has 0 aromatic rings. The number of pyridine rings is 1. The molecular weight excluding hydrogens is 197 g/mol. The van der Waals surface area contributed by atoms with Gasteiger partial charge < -0.3 is 5.21 Å². The summed E-state index contributed by atoms with van der Waals surface area (Å²) in [7, 11) is 0. The quantitative estimate of drug-likeness (QED) is 0.665. The predicted molar refractivity (Wildman–Crippen MR) is 41.0 cm³/mol. The van der Waals surface area contributed by atoms with Crippen LogP contribution >= 0.6 is 0 Å². The SMILES string of the molecule is On1cccc2cc(C(F)(F)F)nc1-2. The fourth-order valence-electron chi connectivity index (χ4n) is 1.17. The van der Waals surface area contributed by atoms with Gasteiger partial charge in [0.25, 0.3) is 0 Å². The second-order valence-corrected chi connectivity index (χ2v) is 2.77. The van der Waals surface area contributed by atoms with E-state index in [9.17, 15) is 13.2 Å². The second-order valence-electron chi connectivity index (χ2n) is 2.77. The molecule has 0 aliphatic carbocycles. The Morgan fingerprint density at radius 3 is 2.64 bits per heavy atom. The highest BCUT2D eigenvalue weighted by molar-refractivity contribution is 5.58. The van der Waals surface area contributed by atoms with E-state index in [4.69, 9.17) is 5.21 Å². The van der Waals surface area contributed by atoms with E-state index in [1.54, 1.807) is 0 Å². The molecule has 0 unspecified atom stereocenters. The Morgan fingerprint density at radius 1 is 1.36 bits per heavy atom.